The molecule has 0 aromatic carbocycles. The number of hydrogen-bond donors (Lipinski definition) is 4. The molecule has 0 aliphatic carbocycles. The lowest BCUT2D eigenvalue weighted by Gasteiger charge is -2.39. The van der Waals surface area contributed by atoms with Gasteiger partial charge in [-0.05, 0) is 118 Å². The summed E-state index contributed by atoms with van der Waals surface area (Å²) in [4.78, 5) is 60.1. The van der Waals surface area contributed by atoms with E-state index in [0.29, 0.717) is 67.8 Å². The van der Waals surface area contributed by atoms with E-state index in [0.717, 1.165) is 54.5 Å². The van der Waals surface area contributed by atoms with E-state index in [-0.39, 0.29) is 72.5 Å². The van der Waals surface area contributed by atoms with Gasteiger partial charge in [-0.1, -0.05) is 115 Å². The van der Waals surface area contributed by atoms with Crippen LogP contribution >= 0.6 is 0 Å². The average Bonchev–Trinajstić information content (AvgIpc) is 2.99. The number of carbonyl (C=O) groups is 4. The fourth-order valence-corrected chi connectivity index (χ4v) is 11.1. The van der Waals surface area contributed by atoms with Gasteiger partial charge in [0.15, 0.2) is 0 Å². The van der Waals surface area contributed by atoms with Gasteiger partial charge in [0.25, 0.3) is 0 Å². The second-order valence-corrected chi connectivity index (χ2v) is 24.5. The molecule has 0 radical (unpaired) electrons. The van der Waals surface area contributed by atoms with Crippen LogP contribution in [0, 0.1) is 23.7 Å². The number of Topliss-reactive ketones (excluding diaryl/α,β-unsaturated/α-hetero) is 1. The van der Waals surface area contributed by atoms with E-state index in [9.17, 15) is 29.4 Å². The number of epoxide rings is 2. The minimum Gasteiger partial charge on any atom is -0.387 e. The quantitative estimate of drug-likeness (QED) is 0.0382. The van der Waals surface area contributed by atoms with Crippen LogP contribution in [0.15, 0.2) is 90.2 Å². The van der Waals surface area contributed by atoms with Gasteiger partial charge in [-0.15, -0.1) is 5.10 Å². The minimum atomic E-state index is -0.854. The predicted octanol–water partition coefficient (Wildman–Crippen LogP) is 7.69. The molecule has 0 unspecified atom stereocenters. The van der Waals surface area contributed by atoms with Crippen LogP contribution in [0.4, 0.5) is 0 Å². The Morgan fingerprint density at radius 2 is 1.23 bits per heavy atom. The number of hydrogen-bond acceptors (Lipinski definition) is 16. The molecule has 2 aromatic rings. The molecule has 2 spiro atoms. The fourth-order valence-electron chi connectivity index (χ4n) is 11.1. The second-order valence-electron chi connectivity index (χ2n) is 24.5. The molecule has 82 heavy (non-hydrogen) atoms. The van der Waals surface area contributed by atoms with Crippen molar-refractivity contribution in [2.45, 2.75) is 231 Å². The van der Waals surface area contributed by atoms with Crippen molar-refractivity contribution in [1.29, 1.82) is 0 Å². The van der Waals surface area contributed by atoms with Crippen LogP contribution in [0.25, 0.3) is 11.2 Å². The SMILES string of the molecule is CC(/C=C/[C@H]1O[C@H](CC(=O)On2nnc3cccnc32)C[C@@]2(CO2)[C@@H]1O)=C\C[C@@H]1O[C@H](C)[C@H](NC(=O)/C=C\C(C)C)C[C@@H]1C.CCCCC(=O)C[C@@H]1C[C@@]2(CO2)[C@H](O)[C@@H](/C=C/C(C)=C/C[C@@H]2O[C@H](C)[C@H](NC(=O)/C=C\C(C)C)C[C@@H]2C)O1. The van der Waals surface area contributed by atoms with Gasteiger partial charge >= 0.3 is 5.97 Å². The Morgan fingerprint density at radius 1 is 0.744 bits per heavy atom. The van der Waals surface area contributed by atoms with Crippen molar-refractivity contribution in [3.8, 4) is 0 Å². The number of allylic oxidation sites excluding steroid dienone is 6. The molecular weight excluding hydrogens is 1050 g/mol. The lowest BCUT2D eigenvalue weighted by molar-refractivity contribution is -0.161. The van der Waals surface area contributed by atoms with Gasteiger partial charge in [-0.3, -0.25) is 14.4 Å². The number of rotatable bonds is 22. The fraction of sp³-hybridized carbons (Fsp3) is 0.667. The first kappa shape index (κ1) is 64.3. The lowest BCUT2D eigenvalue weighted by atomic mass is 9.86. The molecule has 6 saturated heterocycles. The summed E-state index contributed by atoms with van der Waals surface area (Å²) >= 11 is 0. The summed E-state index contributed by atoms with van der Waals surface area (Å²) < 4.78 is 36.2. The van der Waals surface area contributed by atoms with Crippen molar-refractivity contribution < 1.29 is 62.6 Å². The normalized spacial score (nSPS) is 34.1. The zero-order valence-electron chi connectivity index (χ0n) is 50.1. The number of aromatic nitrogens is 4. The van der Waals surface area contributed by atoms with Crippen LogP contribution in [0.3, 0.4) is 0 Å². The van der Waals surface area contributed by atoms with Crippen molar-refractivity contribution in [3.05, 3.63) is 90.2 Å². The molecule has 6 fully saturated rings. The summed E-state index contributed by atoms with van der Waals surface area (Å²) in [6.45, 7) is 23.5. The van der Waals surface area contributed by atoms with Gasteiger partial charge in [0.1, 0.15) is 46.9 Å². The maximum Gasteiger partial charge on any atom is 0.337 e. The van der Waals surface area contributed by atoms with Gasteiger partial charge in [0.2, 0.25) is 17.5 Å². The average molecular weight is 1140 g/mol. The summed E-state index contributed by atoms with van der Waals surface area (Å²) in [5.74, 6) is 0.738. The number of nitrogens with one attached hydrogen (secondary N) is 2. The van der Waals surface area contributed by atoms with Gasteiger partial charge in [-0.2, -0.15) is 0 Å². The Morgan fingerprint density at radius 3 is 1.70 bits per heavy atom. The molecule has 0 bridgehead atoms. The van der Waals surface area contributed by atoms with Crippen LogP contribution in [0.2, 0.25) is 0 Å². The molecule has 19 nitrogen and oxygen atoms in total. The van der Waals surface area contributed by atoms with Crippen LogP contribution in [-0.2, 0) is 47.6 Å². The van der Waals surface area contributed by atoms with Crippen LogP contribution in [-0.4, -0.2) is 151 Å². The van der Waals surface area contributed by atoms with Crippen molar-refractivity contribution >= 4 is 34.7 Å². The highest BCUT2D eigenvalue weighted by Crippen LogP contribution is 2.45. The molecule has 19 heteroatoms. The minimum absolute atomic E-state index is 0.000707. The van der Waals surface area contributed by atoms with Crippen molar-refractivity contribution in [2.24, 2.45) is 23.7 Å². The zero-order chi connectivity index (χ0) is 59.3. The monoisotopic (exact) mass is 1140 g/mol. The second kappa shape index (κ2) is 29.5. The molecule has 6 aliphatic rings. The Balaban J connectivity index is 0.000000239. The molecule has 8 rings (SSSR count). The van der Waals surface area contributed by atoms with Crippen molar-refractivity contribution in [1.82, 2.24) is 30.8 Å². The first-order valence-corrected chi connectivity index (χ1v) is 29.9. The maximum atomic E-state index is 12.7. The summed E-state index contributed by atoms with van der Waals surface area (Å²) in [6.07, 6.45) is 23.9. The molecule has 2 amide bonds. The van der Waals surface area contributed by atoms with Gasteiger partial charge in [0.05, 0.1) is 68.3 Å². The summed E-state index contributed by atoms with van der Waals surface area (Å²) in [6, 6.07) is 3.41. The zero-order valence-corrected chi connectivity index (χ0v) is 50.1. The van der Waals surface area contributed by atoms with Gasteiger partial charge in [-0.25, -0.2) is 9.78 Å². The molecule has 6 aliphatic heterocycles. The summed E-state index contributed by atoms with van der Waals surface area (Å²) in [7, 11) is 0. The number of fused-ring (bicyclic) bond motifs is 1. The molecule has 2 aromatic heterocycles. The number of nitrogens with zero attached hydrogens (tertiary/aromatic N) is 4. The Labute approximate surface area is 484 Å². The Hall–Kier alpha value is -5.25. The van der Waals surface area contributed by atoms with Crippen LogP contribution in [0.1, 0.15) is 147 Å². The molecule has 452 valence electrons. The smallest absolute Gasteiger partial charge is 0.337 e. The van der Waals surface area contributed by atoms with E-state index in [4.69, 9.17) is 33.3 Å². The third-order valence-corrected chi connectivity index (χ3v) is 16.4. The number of carbonyl (C=O) groups excluding carboxylic acids is 4. The van der Waals surface area contributed by atoms with E-state index < -0.39 is 47.7 Å². The number of aliphatic hydroxyl groups excluding tert-OH is 2. The topological polar surface area (TPSA) is 248 Å². The van der Waals surface area contributed by atoms with Crippen molar-refractivity contribution in [2.75, 3.05) is 13.2 Å². The highest BCUT2D eigenvalue weighted by Gasteiger charge is 2.59. The molecule has 16 atom stereocenters. The maximum absolute atomic E-state index is 12.7. The Kier molecular flexibility index (Phi) is 23.1. The largest absolute Gasteiger partial charge is 0.387 e. The number of amides is 2. The van der Waals surface area contributed by atoms with E-state index in [1.165, 1.54) is 0 Å². The molecular formula is C63H92N6O13. The lowest BCUT2D eigenvalue weighted by Crippen LogP contribution is -2.50. The molecule has 0 saturated carbocycles. The van der Waals surface area contributed by atoms with Gasteiger partial charge < -0.3 is 54.1 Å². The third-order valence-electron chi connectivity index (χ3n) is 16.4. The number of pyridine rings is 1. The standard InChI is InChI=1S/C32H43N5O7.C31H49NO6/c1-19(2)8-13-28(38)34-25-15-21(4)26(42-22(25)5)11-9-20(3)10-12-27-30(40)32(18-41-32)17-23(43-27)16-29(39)44-37-31-24(35-36-37)7-6-14-33-31;1-7-8-9-24(33)17-25-18-31(19-36-31)30(35)28(38-25)14-12-21(4)11-13-27-22(5)16-26(23(6)37-27)32-29(34)15-10-20(2)3/h6-10,12-14,19,21-23,25-27,30,40H,11,15-18H2,1-5H3,(H,34,38);10-12,14-15,20,22-23,25-28,30,35H,7-9,13,16-19H2,1-6H3,(H,32,34)/b12-10+,13-8-,20-9+;14-12+,15-10-,21-11+/t21-,22+,23+,25+,26-,27+,30+,32+;22-,23+,25+,26+,27-,28+,30+,31+/m00/s1. The first-order chi connectivity index (χ1) is 39.0. The van der Waals surface area contributed by atoms with E-state index in [1.54, 1.807) is 30.5 Å². The highest BCUT2D eigenvalue weighted by molar-refractivity contribution is 5.88. The summed E-state index contributed by atoms with van der Waals surface area (Å²) in [5, 5.41) is 35.8. The molecule has 8 heterocycles. The number of aliphatic hydroxyl groups is 2. The summed E-state index contributed by atoms with van der Waals surface area (Å²) in [5.41, 5.74) is 1.61. The highest BCUT2D eigenvalue weighted by atomic mass is 16.7. The Bertz CT molecular complexity index is 2650. The van der Waals surface area contributed by atoms with Gasteiger partial charge in [0, 0.05) is 31.9 Å². The van der Waals surface area contributed by atoms with E-state index in [1.807, 2.05) is 91.8 Å². The van der Waals surface area contributed by atoms with E-state index in [2.05, 4.69) is 58.9 Å². The number of ketones is 1. The molecule has 4 N–H and O–H groups in total. The number of ether oxygens (including phenoxy) is 6. The van der Waals surface area contributed by atoms with Crippen molar-refractivity contribution in [3.63, 3.8) is 0 Å². The van der Waals surface area contributed by atoms with Crippen LogP contribution < -0.4 is 15.5 Å². The predicted molar refractivity (Wildman–Crippen MR) is 310 cm³/mol. The first-order valence-electron chi connectivity index (χ1n) is 29.9. The van der Waals surface area contributed by atoms with E-state index >= 15 is 0 Å². The number of unbranched alkanes of at least 4 members (excludes halogenated alkanes) is 1. The van der Waals surface area contributed by atoms with Crippen LogP contribution in [0.5, 0.6) is 0 Å². The third kappa shape index (κ3) is 18.4.